The third-order valence-corrected chi connectivity index (χ3v) is 6.78. The number of benzene rings is 1. The topological polar surface area (TPSA) is 78.5 Å². The van der Waals surface area contributed by atoms with Crippen molar-refractivity contribution in [3.63, 3.8) is 0 Å². The van der Waals surface area contributed by atoms with Crippen molar-refractivity contribution in [1.82, 2.24) is 14.9 Å². The average molecular weight is 400 g/mol. The molecule has 152 valence electrons. The van der Waals surface area contributed by atoms with Gasteiger partial charge in [-0.3, -0.25) is 0 Å². The molecule has 2 rings (SSSR count). The fourth-order valence-corrected chi connectivity index (χ4v) is 4.59. The Kier molecular flexibility index (Phi) is 8.04. The highest BCUT2D eigenvalue weighted by Gasteiger charge is 2.29. The molecule has 0 radical (unpaired) electrons. The highest BCUT2D eigenvalue weighted by atomic mass is 32.2. The number of halogens is 1. The molecule has 2 N–H and O–H groups in total. The van der Waals surface area contributed by atoms with Crippen LogP contribution < -0.4 is 10.6 Å². The Labute approximate surface area is 161 Å². The van der Waals surface area contributed by atoms with Gasteiger partial charge in [0.2, 0.25) is 10.0 Å². The molecule has 6 nitrogen and oxygen atoms in total. The molecule has 0 aliphatic carbocycles. The Hall–Kier alpha value is -1.67. The molecule has 0 spiro atoms. The summed E-state index contributed by atoms with van der Waals surface area (Å²) in [5.74, 6) is 0.496. The first kappa shape index (κ1) is 21.6. The van der Waals surface area contributed by atoms with Crippen molar-refractivity contribution in [1.29, 1.82) is 0 Å². The van der Waals surface area contributed by atoms with Crippen molar-refractivity contribution in [2.45, 2.75) is 44.4 Å². The quantitative estimate of drug-likeness (QED) is 0.705. The predicted molar refractivity (Wildman–Crippen MR) is 103 cm³/mol. The lowest BCUT2D eigenvalue weighted by Gasteiger charge is -2.31. The van der Waals surface area contributed by atoms with E-state index in [0.717, 1.165) is 37.8 Å². The SMILES string of the molecule is CC(C)CCNC(=O)NCCC1CCN(S(=O)(=O)c2ccc(F)cc2)CC1. The average Bonchev–Trinajstić information content (AvgIpc) is 2.62. The molecule has 0 bridgehead atoms. The van der Waals surface area contributed by atoms with Crippen LogP contribution in [0.3, 0.4) is 0 Å². The van der Waals surface area contributed by atoms with Gasteiger partial charge in [0.25, 0.3) is 0 Å². The maximum absolute atomic E-state index is 13.0. The van der Waals surface area contributed by atoms with Gasteiger partial charge in [0.1, 0.15) is 5.82 Å². The van der Waals surface area contributed by atoms with Crippen molar-refractivity contribution < 1.29 is 17.6 Å². The van der Waals surface area contributed by atoms with E-state index in [0.29, 0.717) is 38.0 Å². The van der Waals surface area contributed by atoms with E-state index in [1.165, 1.54) is 16.4 Å². The van der Waals surface area contributed by atoms with Gasteiger partial charge in [-0.2, -0.15) is 4.31 Å². The van der Waals surface area contributed by atoms with Crippen molar-refractivity contribution in [2.75, 3.05) is 26.2 Å². The molecule has 0 aromatic heterocycles. The first-order chi connectivity index (χ1) is 12.8. The van der Waals surface area contributed by atoms with Crippen LogP contribution in [0.25, 0.3) is 0 Å². The summed E-state index contributed by atoms with van der Waals surface area (Å²) >= 11 is 0. The number of hydrogen-bond acceptors (Lipinski definition) is 3. The molecule has 8 heteroatoms. The number of rotatable bonds is 8. The standard InChI is InChI=1S/C19H30FN3O3S/c1-15(2)7-11-21-19(24)22-12-8-16-9-13-23(14-10-16)27(25,26)18-5-3-17(20)4-6-18/h3-6,15-16H,7-14H2,1-2H3,(H2,21,22,24). The second kappa shape index (κ2) is 10.0. The molecule has 1 saturated heterocycles. The monoisotopic (exact) mass is 399 g/mol. The fraction of sp³-hybridized carbons (Fsp3) is 0.632. The van der Waals surface area contributed by atoms with Gasteiger partial charge in [-0.15, -0.1) is 0 Å². The maximum atomic E-state index is 13.0. The molecule has 27 heavy (non-hydrogen) atoms. The number of carbonyl (C=O) groups is 1. The number of carbonyl (C=O) groups excluding carboxylic acids is 1. The predicted octanol–water partition coefficient (Wildman–Crippen LogP) is 2.96. The molecule has 2 amide bonds. The van der Waals surface area contributed by atoms with Gasteiger partial charge >= 0.3 is 6.03 Å². The Bertz CT molecular complexity index is 699. The van der Waals surface area contributed by atoms with Crippen molar-refractivity contribution in [3.05, 3.63) is 30.1 Å². The smallest absolute Gasteiger partial charge is 0.314 e. The van der Waals surface area contributed by atoms with E-state index in [1.807, 2.05) is 0 Å². The second-order valence-electron chi connectivity index (χ2n) is 7.46. The molecule has 1 heterocycles. The van der Waals surface area contributed by atoms with Crippen LogP contribution in [-0.4, -0.2) is 44.9 Å². The number of nitrogens with one attached hydrogen (secondary N) is 2. The lowest BCUT2D eigenvalue weighted by Crippen LogP contribution is -2.40. The number of nitrogens with zero attached hydrogens (tertiary/aromatic N) is 1. The van der Waals surface area contributed by atoms with Gasteiger partial charge in [-0.05, 0) is 61.8 Å². The molecular formula is C19H30FN3O3S. The zero-order valence-corrected chi connectivity index (χ0v) is 16.9. The van der Waals surface area contributed by atoms with E-state index < -0.39 is 15.8 Å². The first-order valence-corrected chi connectivity index (χ1v) is 11.0. The van der Waals surface area contributed by atoms with Crippen LogP contribution in [0.5, 0.6) is 0 Å². The van der Waals surface area contributed by atoms with E-state index in [1.54, 1.807) is 0 Å². The lowest BCUT2D eigenvalue weighted by atomic mass is 9.95. The van der Waals surface area contributed by atoms with Crippen molar-refractivity contribution in [3.8, 4) is 0 Å². The lowest BCUT2D eigenvalue weighted by molar-refractivity contribution is 0.235. The van der Waals surface area contributed by atoms with E-state index >= 15 is 0 Å². The Balaban J connectivity index is 1.71. The van der Waals surface area contributed by atoms with Crippen LogP contribution >= 0.6 is 0 Å². The minimum Gasteiger partial charge on any atom is -0.338 e. The molecule has 0 unspecified atom stereocenters. The largest absolute Gasteiger partial charge is 0.338 e. The molecule has 0 atom stereocenters. The van der Waals surface area contributed by atoms with Crippen LogP contribution in [0.2, 0.25) is 0 Å². The van der Waals surface area contributed by atoms with Gasteiger partial charge in [-0.25, -0.2) is 17.6 Å². The molecule has 1 aromatic rings. The molecule has 1 fully saturated rings. The Morgan fingerprint density at radius 1 is 1.15 bits per heavy atom. The van der Waals surface area contributed by atoms with E-state index in [4.69, 9.17) is 0 Å². The highest BCUT2D eigenvalue weighted by molar-refractivity contribution is 7.89. The Morgan fingerprint density at radius 3 is 2.33 bits per heavy atom. The van der Waals surface area contributed by atoms with Crippen molar-refractivity contribution >= 4 is 16.1 Å². The fourth-order valence-electron chi connectivity index (χ4n) is 3.12. The minimum atomic E-state index is -3.57. The molecule has 1 aliphatic rings. The highest BCUT2D eigenvalue weighted by Crippen LogP contribution is 2.25. The normalized spacial score (nSPS) is 16.4. The number of hydrogen-bond donors (Lipinski definition) is 2. The number of urea groups is 1. The number of sulfonamides is 1. The third kappa shape index (κ3) is 6.77. The first-order valence-electron chi connectivity index (χ1n) is 9.56. The maximum Gasteiger partial charge on any atom is 0.314 e. The summed E-state index contributed by atoms with van der Waals surface area (Å²) in [5, 5.41) is 5.70. The molecule has 1 aliphatic heterocycles. The van der Waals surface area contributed by atoms with Crippen LogP contribution in [0.15, 0.2) is 29.2 Å². The van der Waals surface area contributed by atoms with Crippen LogP contribution in [-0.2, 0) is 10.0 Å². The number of piperidine rings is 1. The van der Waals surface area contributed by atoms with E-state index in [2.05, 4.69) is 24.5 Å². The third-order valence-electron chi connectivity index (χ3n) is 4.87. The van der Waals surface area contributed by atoms with Crippen LogP contribution in [0.4, 0.5) is 9.18 Å². The summed E-state index contributed by atoms with van der Waals surface area (Å²) in [6.07, 6.45) is 3.31. The number of amides is 2. The molecule has 1 aromatic carbocycles. The van der Waals surface area contributed by atoms with E-state index in [-0.39, 0.29) is 10.9 Å². The van der Waals surface area contributed by atoms with Gasteiger partial charge in [0.05, 0.1) is 4.90 Å². The Morgan fingerprint density at radius 2 is 1.74 bits per heavy atom. The second-order valence-corrected chi connectivity index (χ2v) is 9.39. The van der Waals surface area contributed by atoms with Gasteiger partial charge in [0, 0.05) is 26.2 Å². The summed E-state index contributed by atoms with van der Waals surface area (Å²) < 4.78 is 39.7. The summed E-state index contributed by atoms with van der Waals surface area (Å²) in [4.78, 5) is 11.8. The zero-order valence-electron chi connectivity index (χ0n) is 16.1. The van der Waals surface area contributed by atoms with Crippen molar-refractivity contribution in [2.24, 2.45) is 11.8 Å². The van der Waals surface area contributed by atoms with Crippen LogP contribution in [0, 0.1) is 17.7 Å². The van der Waals surface area contributed by atoms with Gasteiger partial charge in [0.15, 0.2) is 0 Å². The summed E-state index contributed by atoms with van der Waals surface area (Å²) in [5.41, 5.74) is 0. The summed E-state index contributed by atoms with van der Waals surface area (Å²) in [7, 11) is -3.57. The minimum absolute atomic E-state index is 0.127. The molecular weight excluding hydrogens is 369 g/mol. The summed E-state index contributed by atoms with van der Waals surface area (Å²) in [6.45, 7) is 6.38. The van der Waals surface area contributed by atoms with E-state index in [9.17, 15) is 17.6 Å². The summed E-state index contributed by atoms with van der Waals surface area (Å²) in [6, 6.07) is 4.79. The van der Waals surface area contributed by atoms with Gasteiger partial charge in [-0.1, -0.05) is 13.8 Å². The van der Waals surface area contributed by atoms with Gasteiger partial charge < -0.3 is 10.6 Å². The molecule has 0 saturated carbocycles. The van der Waals surface area contributed by atoms with Crippen LogP contribution in [0.1, 0.15) is 39.5 Å². The zero-order chi connectivity index (χ0) is 19.9.